The van der Waals surface area contributed by atoms with Crippen molar-refractivity contribution < 1.29 is 19.0 Å². The molecule has 3 aromatic carbocycles. The van der Waals surface area contributed by atoms with Gasteiger partial charge in [-0.3, -0.25) is 4.79 Å². The van der Waals surface area contributed by atoms with Crippen molar-refractivity contribution in [3.63, 3.8) is 0 Å². The molecule has 0 saturated carbocycles. The lowest BCUT2D eigenvalue weighted by Gasteiger charge is -2.08. The monoisotopic (exact) mass is 337 g/mol. The lowest BCUT2D eigenvalue weighted by Crippen LogP contribution is -2.23. The van der Waals surface area contributed by atoms with Gasteiger partial charge in [-0.05, 0) is 54.6 Å². The van der Waals surface area contributed by atoms with E-state index in [-0.39, 0.29) is 24.0 Å². The molecule has 0 aliphatic carbocycles. The van der Waals surface area contributed by atoms with Crippen molar-refractivity contribution in [3.8, 4) is 17.2 Å². The molecule has 0 bridgehead atoms. The third-order valence-electron chi connectivity index (χ3n) is 3.59. The highest BCUT2D eigenvalue weighted by Crippen LogP contribution is 2.23. The molecule has 0 saturated heterocycles. The van der Waals surface area contributed by atoms with Gasteiger partial charge in [0.25, 0.3) is 5.91 Å². The summed E-state index contributed by atoms with van der Waals surface area (Å²) in [6.07, 6.45) is 0. The van der Waals surface area contributed by atoms with E-state index in [9.17, 15) is 14.3 Å². The topological polar surface area (TPSA) is 58.6 Å². The predicted octanol–water partition coefficient (Wildman–Crippen LogP) is 4.25. The molecule has 5 heteroatoms. The smallest absolute Gasteiger partial charge is 0.251 e. The minimum absolute atomic E-state index is 0.122. The Hall–Kier alpha value is -3.34. The molecule has 0 unspecified atom stereocenters. The van der Waals surface area contributed by atoms with Crippen molar-refractivity contribution in [1.29, 1.82) is 0 Å². The zero-order chi connectivity index (χ0) is 17.6. The zero-order valence-corrected chi connectivity index (χ0v) is 13.3. The van der Waals surface area contributed by atoms with E-state index in [1.54, 1.807) is 54.6 Å². The van der Waals surface area contributed by atoms with Crippen LogP contribution in [0, 0.1) is 5.82 Å². The SMILES string of the molecule is O=C(NCc1ccccc1F)c1ccc(Oc2ccc(O)cc2)cc1. The van der Waals surface area contributed by atoms with Crippen molar-refractivity contribution >= 4 is 5.91 Å². The van der Waals surface area contributed by atoms with Gasteiger partial charge < -0.3 is 15.2 Å². The van der Waals surface area contributed by atoms with Crippen molar-refractivity contribution in [2.45, 2.75) is 6.54 Å². The summed E-state index contributed by atoms with van der Waals surface area (Å²) >= 11 is 0. The highest BCUT2D eigenvalue weighted by Gasteiger charge is 2.07. The van der Waals surface area contributed by atoms with Gasteiger partial charge in [0.15, 0.2) is 0 Å². The van der Waals surface area contributed by atoms with E-state index >= 15 is 0 Å². The number of benzene rings is 3. The minimum atomic E-state index is -0.347. The predicted molar refractivity (Wildman–Crippen MR) is 92.2 cm³/mol. The average molecular weight is 337 g/mol. The second-order valence-corrected chi connectivity index (χ2v) is 5.39. The van der Waals surface area contributed by atoms with Gasteiger partial charge in [0.1, 0.15) is 23.1 Å². The van der Waals surface area contributed by atoms with Crippen LogP contribution in [0.15, 0.2) is 72.8 Å². The first-order valence-electron chi connectivity index (χ1n) is 7.70. The lowest BCUT2D eigenvalue weighted by atomic mass is 10.2. The Kier molecular flexibility index (Phi) is 4.95. The molecule has 0 aliphatic heterocycles. The molecular formula is C20H16FNO3. The van der Waals surface area contributed by atoms with Gasteiger partial charge >= 0.3 is 0 Å². The number of phenols is 1. The van der Waals surface area contributed by atoms with Crippen molar-refractivity contribution in [2.75, 3.05) is 0 Å². The molecule has 3 rings (SSSR count). The van der Waals surface area contributed by atoms with Crippen LogP contribution in [-0.4, -0.2) is 11.0 Å². The van der Waals surface area contributed by atoms with Crippen LogP contribution in [0.3, 0.4) is 0 Å². The van der Waals surface area contributed by atoms with E-state index in [0.29, 0.717) is 22.6 Å². The van der Waals surface area contributed by atoms with Gasteiger partial charge in [0.2, 0.25) is 0 Å². The Balaban J connectivity index is 1.60. The van der Waals surface area contributed by atoms with Crippen molar-refractivity contribution in [3.05, 3.63) is 89.7 Å². The fraction of sp³-hybridized carbons (Fsp3) is 0.0500. The molecule has 0 aromatic heterocycles. The van der Waals surface area contributed by atoms with Gasteiger partial charge in [-0.1, -0.05) is 18.2 Å². The van der Waals surface area contributed by atoms with Crippen LogP contribution in [0.25, 0.3) is 0 Å². The molecule has 0 heterocycles. The standard InChI is InChI=1S/C20H16FNO3/c21-19-4-2-1-3-15(19)13-22-20(24)14-5-9-17(10-6-14)25-18-11-7-16(23)8-12-18/h1-12,23H,13H2,(H,22,24). The van der Waals surface area contributed by atoms with Crippen LogP contribution in [0.2, 0.25) is 0 Å². The molecule has 0 spiro atoms. The fourth-order valence-electron chi connectivity index (χ4n) is 2.24. The number of halogens is 1. The third-order valence-corrected chi connectivity index (χ3v) is 3.59. The van der Waals surface area contributed by atoms with Crippen LogP contribution in [0.1, 0.15) is 15.9 Å². The minimum Gasteiger partial charge on any atom is -0.508 e. The number of carbonyl (C=O) groups excluding carboxylic acids is 1. The lowest BCUT2D eigenvalue weighted by molar-refractivity contribution is 0.0950. The van der Waals surface area contributed by atoms with E-state index in [0.717, 1.165) is 0 Å². The fourth-order valence-corrected chi connectivity index (χ4v) is 2.24. The molecule has 0 fully saturated rings. The molecule has 0 atom stereocenters. The number of hydrogen-bond acceptors (Lipinski definition) is 3. The quantitative estimate of drug-likeness (QED) is 0.731. The van der Waals surface area contributed by atoms with Gasteiger partial charge in [-0.25, -0.2) is 4.39 Å². The van der Waals surface area contributed by atoms with E-state index in [1.165, 1.54) is 18.2 Å². The number of rotatable bonds is 5. The van der Waals surface area contributed by atoms with E-state index in [1.807, 2.05) is 0 Å². The van der Waals surface area contributed by atoms with Crippen molar-refractivity contribution in [1.82, 2.24) is 5.32 Å². The van der Waals surface area contributed by atoms with Crippen LogP contribution in [-0.2, 0) is 6.54 Å². The molecule has 3 aromatic rings. The Bertz CT molecular complexity index is 861. The summed E-state index contributed by atoms with van der Waals surface area (Å²) in [5, 5.41) is 11.9. The Morgan fingerprint density at radius 1 is 0.920 bits per heavy atom. The summed E-state index contributed by atoms with van der Waals surface area (Å²) in [6, 6.07) is 19.3. The zero-order valence-electron chi connectivity index (χ0n) is 13.3. The molecule has 4 nitrogen and oxygen atoms in total. The number of aromatic hydroxyl groups is 1. The number of hydrogen-bond donors (Lipinski definition) is 2. The van der Waals surface area contributed by atoms with Crippen LogP contribution >= 0.6 is 0 Å². The summed E-state index contributed by atoms with van der Waals surface area (Å²) < 4.78 is 19.2. The Morgan fingerprint density at radius 2 is 1.52 bits per heavy atom. The maximum Gasteiger partial charge on any atom is 0.251 e. The summed E-state index contributed by atoms with van der Waals surface area (Å²) in [5.41, 5.74) is 0.887. The molecular weight excluding hydrogens is 321 g/mol. The number of nitrogens with one attached hydrogen (secondary N) is 1. The number of phenolic OH excluding ortho intramolecular Hbond substituents is 1. The molecule has 25 heavy (non-hydrogen) atoms. The van der Waals surface area contributed by atoms with Gasteiger partial charge in [-0.15, -0.1) is 0 Å². The summed E-state index contributed by atoms with van der Waals surface area (Å²) in [4.78, 5) is 12.1. The van der Waals surface area contributed by atoms with Gasteiger partial charge in [0, 0.05) is 17.7 Å². The summed E-state index contributed by atoms with van der Waals surface area (Å²) in [6.45, 7) is 0.122. The molecule has 0 aliphatic rings. The first kappa shape index (κ1) is 16.5. The maximum absolute atomic E-state index is 13.5. The molecule has 0 radical (unpaired) electrons. The number of amides is 1. The molecule has 126 valence electrons. The normalized spacial score (nSPS) is 10.3. The maximum atomic E-state index is 13.5. The highest BCUT2D eigenvalue weighted by atomic mass is 19.1. The summed E-state index contributed by atoms with van der Waals surface area (Å²) in [5.74, 6) is 0.667. The molecule has 1 amide bonds. The number of ether oxygens (including phenoxy) is 1. The van der Waals surface area contributed by atoms with Crippen LogP contribution < -0.4 is 10.1 Å². The first-order valence-corrected chi connectivity index (χ1v) is 7.70. The third kappa shape index (κ3) is 4.35. The van der Waals surface area contributed by atoms with Crippen molar-refractivity contribution in [2.24, 2.45) is 0 Å². The number of carbonyl (C=O) groups is 1. The first-order chi connectivity index (χ1) is 12.1. The van der Waals surface area contributed by atoms with E-state index < -0.39 is 0 Å². The average Bonchev–Trinajstić information content (AvgIpc) is 2.63. The Labute approximate surface area is 144 Å². The van der Waals surface area contributed by atoms with E-state index in [4.69, 9.17) is 4.74 Å². The Morgan fingerprint density at radius 3 is 2.16 bits per heavy atom. The van der Waals surface area contributed by atoms with Gasteiger partial charge in [0.05, 0.1) is 0 Å². The molecule has 2 N–H and O–H groups in total. The summed E-state index contributed by atoms with van der Waals surface area (Å²) in [7, 11) is 0. The van der Waals surface area contributed by atoms with Crippen LogP contribution in [0.5, 0.6) is 17.2 Å². The van der Waals surface area contributed by atoms with Gasteiger partial charge in [-0.2, -0.15) is 0 Å². The largest absolute Gasteiger partial charge is 0.508 e. The van der Waals surface area contributed by atoms with Crippen LogP contribution in [0.4, 0.5) is 4.39 Å². The second kappa shape index (κ2) is 7.49. The second-order valence-electron chi connectivity index (χ2n) is 5.39. The highest BCUT2D eigenvalue weighted by molar-refractivity contribution is 5.94. The van der Waals surface area contributed by atoms with E-state index in [2.05, 4.69) is 5.32 Å².